The Morgan fingerprint density at radius 3 is 2.86 bits per heavy atom. The van der Waals surface area contributed by atoms with Crippen LogP contribution in [0.4, 0.5) is 10.5 Å². The van der Waals surface area contributed by atoms with Crippen molar-refractivity contribution in [3.8, 4) is 0 Å². The molecule has 1 atom stereocenters. The van der Waals surface area contributed by atoms with E-state index in [0.717, 1.165) is 12.8 Å². The van der Waals surface area contributed by atoms with Crippen molar-refractivity contribution >= 4 is 40.9 Å². The maximum absolute atomic E-state index is 12.2. The fraction of sp³-hybridized carbons (Fsp3) is 0.429. The molecule has 114 valence electrons. The number of amides is 2. The van der Waals surface area contributed by atoms with E-state index in [4.69, 9.17) is 28.3 Å². The van der Waals surface area contributed by atoms with Crippen LogP contribution < -0.4 is 5.32 Å². The van der Waals surface area contributed by atoms with Crippen molar-refractivity contribution in [1.29, 1.82) is 0 Å². The fourth-order valence-electron chi connectivity index (χ4n) is 2.46. The molecule has 1 saturated heterocycles. The normalized spacial score (nSPS) is 18.4. The van der Waals surface area contributed by atoms with Gasteiger partial charge in [-0.3, -0.25) is 4.79 Å². The number of likely N-dealkylation sites (tertiary alicyclic amines) is 1. The molecule has 2 amide bonds. The Morgan fingerprint density at radius 2 is 2.14 bits per heavy atom. The van der Waals surface area contributed by atoms with Crippen LogP contribution in [0.15, 0.2) is 18.2 Å². The predicted molar refractivity (Wildman–Crippen MR) is 82.0 cm³/mol. The van der Waals surface area contributed by atoms with Gasteiger partial charge in [-0.25, -0.2) is 4.79 Å². The molecule has 1 heterocycles. The molecule has 7 heteroatoms. The summed E-state index contributed by atoms with van der Waals surface area (Å²) in [7, 11) is 0. The molecule has 1 unspecified atom stereocenters. The molecule has 1 aliphatic rings. The largest absolute Gasteiger partial charge is 0.481 e. The van der Waals surface area contributed by atoms with E-state index >= 15 is 0 Å². The van der Waals surface area contributed by atoms with Crippen LogP contribution in [-0.4, -0.2) is 35.1 Å². The minimum atomic E-state index is -0.833. The second kappa shape index (κ2) is 7.00. The average molecular weight is 331 g/mol. The van der Waals surface area contributed by atoms with E-state index in [9.17, 15) is 9.59 Å². The second-order valence-corrected chi connectivity index (χ2v) is 5.87. The molecule has 2 rings (SSSR count). The van der Waals surface area contributed by atoms with Gasteiger partial charge in [0, 0.05) is 19.5 Å². The number of piperidine rings is 1. The van der Waals surface area contributed by atoms with Crippen LogP contribution in [0.3, 0.4) is 0 Å². The van der Waals surface area contributed by atoms with Crippen LogP contribution in [-0.2, 0) is 4.79 Å². The highest BCUT2D eigenvalue weighted by Gasteiger charge is 2.25. The third kappa shape index (κ3) is 4.25. The van der Waals surface area contributed by atoms with Gasteiger partial charge in [0.2, 0.25) is 0 Å². The molecule has 5 nitrogen and oxygen atoms in total. The van der Waals surface area contributed by atoms with Gasteiger partial charge in [-0.1, -0.05) is 29.3 Å². The number of hydrogen-bond acceptors (Lipinski definition) is 2. The van der Waals surface area contributed by atoms with E-state index in [1.807, 2.05) is 0 Å². The smallest absolute Gasteiger partial charge is 0.321 e. The molecule has 1 aromatic rings. The summed E-state index contributed by atoms with van der Waals surface area (Å²) < 4.78 is 0. The number of carbonyl (C=O) groups excluding carboxylic acids is 1. The second-order valence-electron chi connectivity index (χ2n) is 5.08. The van der Waals surface area contributed by atoms with E-state index in [1.165, 1.54) is 0 Å². The number of halogens is 2. The lowest BCUT2D eigenvalue weighted by molar-refractivity contribution is -0.138. The quantitative estimate of drug-likeness (QED) is 0.887. The fourth-order valence-corrected chi connectivity index (χ4v) is 2.81. The first-order valence-electron chi connectivity index (χ1n) is 6.69. The minimum absolute atomic E-state index is 0.00293. The van der Waals surface area contributed by atoms with Crippen LogP contribution in [0.2, 0.25) is 10.0 Å². The van der Waals surface area contributed by atoms with Crippen LogP contribution >= 0.6 is 23.2 Å². The Kier molecular flexibility index (Phi) is 5.31. The van der Waals surface area contributed by atoms with Crippen molar-refractivity contribution in [2.45, 2.75) is 19.3 Å². The molecule has 2 N–H and O–H groups in total. The number of carbonyl (C=O) groups is 2. The van der Waals surface area contributed by atoms with Gasteiger partial charge in [-0.15, -0.1) is 0 Å². The van der Waals surface area contributed by atoms with Gasteiger partial charge in [0.1, 0.15) is 0 Å². The summed E-state index contributed by atoms with van der Waals surface area (Å²) >= 11 is 11.9. The van der Waals surface area contributed by atoms with Crippen molar-refractivity contribution in [2.24, 2.45) is 5.92 Å². The zero-order chi connectivity index (χ0) is 15.4. The van der Waals surface area contributed by atoms with E-state index in [-0.39, 0.29) is 18.4 Å². The van der Waals surface area contributed by atoms with Gasteiger partial charge in [0.15, 0.2) is 0 Å². The summed E-state index contributed by atoms with van der Waals surface area (Å²) in [6, 6.07) is 4.73. The minimum Gasteiger partial charge on any atom is -0.481 e. The van der Waals surface area contributed by atoms with E-state index in [2.05, 4.69) is 5.32 Å². The van der Waals surface area contributed by atoms with Gasteiger partial charge in [-0.05, 0) is 30.9 Å². The molecule has 0 spiro atoms. The molecule has 0 radical (unpaired) electrons. The van der Waals surface area contributed by atoms with Gasteiger partial charge >= 0.3 is 12.0 Å². The molecule has 0 aliphatic carbocycles. The first kappa shape index (κ1) is 15.9. The highest BCUT2D eigenvalue weighted by atomic mass is 35.5. The first-order valence-corrected chi connectivity index (χ1v) is 7.44. The Morgan fingerprint density at radius 1 is 1.38 bits per heavy atom. The monoisotopic (exact) mass is 330 g/mol. The third-order valence-electron chi connectivity index (χ3n) is 3.46. The number of carboxylic acids is 1. The molecular weight excluding hydrogens is 315 g/mol. The summed E-state index contributed by atoms with van der Waals surface area (Å²) in [6.45, 7) is 1.05. The Bertz CT molecular complexity index is 551. The summed E-state index contributed by atoms with van der Waals surface area (Å²) in [6.07, 6.45) is 1.71. The number of rotatable bonds is 3. The summed E-state index contributed by atoms with van der Waals surface area (Å²) in [5, 5.41) is 12.2. The highest BCUT2D eigenvalue weighted by Crippen LogP contribution is 2.30. The lowest BCUT2D eigenvalue weighted by atomic mass is 9.95. The Labute approximate surface area is 132 Å². The van der Waals surface area contributed by atoms with Gasteiger partial charge in [-0.2, -0.15) is 0 Å². The number of nitrogens with one attached hydrogen (secondary N) is 1. The number of urea groups is 1. The number of aliphatic carboxylic acids is 1. The number of nitrogens with zero attached hydrogens (tertiary/aromatic N) is 1. The standard InChI is InChI=1S/C14H16Cl2N2O3/c15-10-4-1-5-11(13(10)16)17-14(21)18-6-2-3-9(8-18)7-12(19)20/h1,4-5,9H,2-3,6-8H2,(H,17,21)(H,19,20). The molecule has 1 aliphatic heterocycles. The van der Waals surface area contributed by atoms with Crippen molar-refractivity contribution < 1.29 is 14.7 Å². The van der Waals surface area contributed by atoms with Crippen LogP contribution in [0, 0.1) is 5.92 Å². The number of hydrogen-bond donors (Lipinski definition) is 2. The average Bonchev–Trinajstić information content (AvgIpc) is 2.43. The van der Waals surface area contributed by atoms with Gasteiger partial charge in [0.25, 0.3) is 0 Å². The van der Waals surface area contributed by atoms with Crippen molar-refractivity contribution in [1.82, 2.24) is 4.90 Å². The van der Waals surface area contributed by atoms with Gasteiger partial charge in [0.05, 0.1) is 15.7 Å². The SMILES string of the molecule is O=C(O)CC1CCCN(C(=O)Nc2cccc(Cl)c2Cl)C1. The molecule has 0 saturated carbocycles. The summed E-state index contributed by atoms with van der Waals surface area (Å²) in [4.78, 5) is 24.6. The Hall–Kier alpha value is -1.46. The molecular formula is C14H16Cl2N2O3. The van der Waals surface area contributed by atoms with E-state index in [1.54, 1.807) is 23.1 Å². The van der Waals surface area contributed by atoms with Gasteiger partial charge < -0.3 is 15.3 Å². The first-order chi connectivity index (χ1) is 9.97. The molecule has 1 fully saturated rings. The third-order valence-corrected chi connectivity index (χ3v) is 4.28. The zero-order valence-electron chi connectivity index (χ0n) is 11.3. The number of carboxylic acid groups (broad SMARTS) is 1. The van der Waals surface area contributed by atoms with Crippen molar-refractivity contribution in [3.63, 3.8) is 0 Å². The highest BCUT2D eigenvalue weighted by molar-refractivity contribution is 6.43. The maximum atomic E-state index is 12.2. The summed E-state index contributed by atoms with van der Waals surface area (Å²) in [5.41, 5.74) is 0.453. The van der Waals surface area contributed by atoms with E-state index in [0.29, 0.717) is 28.8 Å². The van der Waals surface area contributed by atoms with E-state index < -0.39 is 5.97 Å². The van der Waals surface area contributed by atoms with Crippen LogP contribution in [0.25, 0.3) is 0 Å². The Balaban J connectivity index is 1.99. The zero-order valence-corrected chi connectivity index (χ0v) is 12.8. The molecule has 0 bridgehead atoms. The van der Waals surface area contributed by atoms with Crippen molar-refractivity contribution in [3.05, 3.63) is 28.2 Å². The summed E-state index contributed by atoms with van der Waals surface area (Å²) in [5.74, 6) is -0.836. The topological polar surface area (TPSA) is 69.6 Å². The van der Waals surface area contributed by atoms with Crippen molar-refractivity contribution in [2.75, 3.05) is 18.4 Å². The number of benzene rings is 1. The lowest BCUT2D eigenvalue weighted by Gasteiger charge is -2.32. The predicted octanol–water partition coefficient (Wildman–Crippen LogP) is 3.71. The number of anilines is 1. The molecule has 21 heavy (non-hydrogen) atoms. The van der Waals surface area contributed by atoms with Crippen LogP contribution in [0.5, 0.6) is 0 Å². The molecule has 1 aromatic carbocycles. The van der Waals surface area contributed by atoms with Crippen LogP contribution in [0.1, 0.15) is 19.3 Å². The molecule has 0 aromatic heterocycles. The lowest BCUT2D eigenvalue weighted by Crippen LogP contribution is -2.42. The maximum Gasteiger partial charge on any atom is 0.321 e.